The summed E-state index contributed by atoms with van der Waals surface area (Å²) >= 11 is 0. The average Bonchev–Trinajstić information content (AvgIpc) is 3.06. The molecular formula is C19H21NO4. The van der Waals surface area contributed by atoms with Crippen molar-refractivity contribution in [1.29, 1.82) is 0 Å². The number of rotatable bonds is 5. The normalized spacial score (nSPS) is 12.3. The van der Waals surface area contributed by atoms with E-state index in [4.69, 9.17) is 14.2 Å². The molecule has 1 heterocycles. The van der Waals surface area contributed by atoms with Crippen LogP contribution in [0, 0.1) is 0 Å². The first kappa shape index (κ1) is 16.2. The van der Waals surface area contributed by atoms with Crippen molar-refractivity contribution >= 4 is 5.91 Å². The summed E-state index contributed by atoms with van der Waals surface area (Å²) in [5.41, 5.74) is 2.72. The van der Waals surface area contributed by atoms with Crippen LogP contribution in [0.25, 0.3) is 0 Å². The molecular weight excluding hydrogens is 306 g/mol. The van der Waals surface area contributed by atoms with Crippen LogP contribution in [0.2, 0.25) is 0 Å². The van der Waals surface area contributed by atoms with E-state index in [1.165, 1.54) is 0 Å². The number of amides is 1. The van der Waals surface area contributed by atoms with Crippen LogP contribution in [-0.4, -0.2) is 19.8 Å². The van der Waals surface area contributed by atoms with Gasteiger partial charge in [-0.1, -0.05) is 26.0 Å². The van der Waals surface area contributed by atoms with E-state index in [0.29, 0.717) is 29.5 Å². The highest BCUT2D eigenvalue weighted by Gasteiger charge is 2.16. The van der Waals surface area contributed by atoms with E-state index in [0.717, 1.165) is 16.9 Å². The largest absolute Gasteiger partial charge is 0.496 e. The van der Waals surface area contributed by atoms with Crippen molar-refractivity contribution in [3.05, 3.63) is 53.1 Å². The predicted octanol–water partition coefficient (Wildman–Crippen LogP) is 3.48. The standard InChI is InChI=1S/C19H21NO4/c1-12(2)15-8-13(4-6-16(15)22-3)10-20-19(21)14-5-7-17-18(9-14)24-11-23-17/h4-9,12H,10-11H2,1-3H3,(H,20,21). The van der Waals surface area contributed by atoms with Gasteiger partial charge in [0.1, 0.15) is 5.75 Å². The third-order valence-electron chi connectivity index (χ3n) is 4.00. The molecule has 0 radical (unpaired) electrons. The van der Waals surface area contributed by atoms with Crippen molar-refractivity contribution < 1.29 is 19.0 Å². The molecule has 0 saturated carbocycles. The smallest absolute Gasteiger partial charge is 0.251 e. The summed E-state index contributed by atoms with van der Waals surface area (Å²) in [5.74, 6) is 2.35. The van der Waals surface area contributed by atoms with Crippen LogP contribution >= 0.6 is 0 Å². The molecule has 1 N–H and O–H groups in total. The van der Waals surface area contributed by atoms with Crippen molar-refractivity contribution in [2.45, 2.75) is 26.3 Å². The predicted molar refractivity (Wildman–Crippen MR) is 90.8 cm³/mol. The van der Waals surface area contributed by atoms with E-state index < -0.39 is 0 Å². The molecule has 24 heavy (non-hydrogen) atoms. The van der Waals surface area contributed by atoms with Gasteiger partial charge in [-0.2, -0.15) is 0 Å². The quantitative estimate of drug-likeness (QED) is 0.913. The summed E-state index contributed by atoms with van der Waals surface area (Å²) < 4.78 is 15.9. The molecule has 3 rings (SSSR count). The molecule has 0 aliphatic carbocycles. The van der Waals surface area contributed by atoms with Crippen molar-refractivity contribution in [3.8, 4) is 17.2 Å². The second kappa shape index (κ2) is 6.83. The summed E-state index contributed by atoms with van der Waals surface area (Å²) in [4.78, 5) is 12.3. The fraction of sp³-hybridized carbons (Fsp3) is 0.316. The Hall–Kier alpha value is -2.69. The van der Waals surface area contributed by atoms with Gasteiger partial charge in [0.05, 0.1) is 7.11 Å². The van der Waals surface area contributed by atoms with E-state index in [9.17, 15) is 4.79 Å². The Morgan fingerprint density at radius 1 is 1.17 bits per heavy atom. The van der Waals surface area contributed by atoms with Crippen molar-refractivity contribution in [3.63, 3.8) is 0 Å². The number of benzene rings is 2. The molecule has 2 aromatic rings. The summed E-state index contributed by atoms with van der Waals surface area (Å²) in [6.07, 6.45) is 0. The molecule has 5 heteroatoms. The molecule has 1 aliphatic rings. The fourth-order valence-electron chi connectivity index (χ4n) is 2.67. The molecule has 0 aromatic heterocycles. The lowest BCUT2D eigenvalue weighted by molar-refractivity contribution is 0.0950. The minimum Gasteiger partial charge on any atom is -0.496 e. The highest BCUT2D eigenvalue weighted by atomic mass is 16.7. The van der Waals surface area contributed by atoms with Crippen molar-refractivity contribution in [1.82, 2.24) is 5.32 Å². The van der Waals surface area contributed by atoms with Crippen LogP contribution in [0.5, 0.6) is 17.2 Å². The SMILES string of the molecule is COc1ccc(CNC(=O)c2ccc3c(c2)OCO3)cc1C(C)C. The van der Waals surface area contributed by atoms with Gasteiger partial charge in [0.15, 0.2) is 11.5 Å². The van der Waals surface area contributed by atoms with Crippen LogP contribution in [0.15, 0.2) is 36.4 Å². The molecule has 0 unspecified atom stereocenters. The van der Waals surface area contributed by atoms with Crippen LogP contribution < -0.4 is 19.5 Å². The number of hydrogen-bond acceptors (Lipinski definition) is 4. The van der Waals surface area contributed by atoms with E-state index in [1.807, 2.05) is 12.1 Å². The van der Waals surface area contributed by atoms with Gasteiger partial charge in [-0.15, -0.1) is 0 Å². The third kappa shape index (κ3) is 3.30. The molecule has 0 atom stereocenters. The first-order valence-electron chi connectivity index (χ1n) is 7.93. The van der Waals surface area contributed by atoms with E-state index in [2.05, 4.69) is 25.2 Å². The van der Waals surface area contributed by atoms with Gasteiger partial charge in [0.25, 0.3) is 5.91 Å². The first-order valence-corrected chi connectivity index (χ1v) is 7.93. The molecule has 0 fully saturated rings. The lowest BCUT2D eigenvalue weighted by atomic mass is 9.99. The van der Waals surface area contributed by atoms with Crippen LogP contribution in [0.3, 0.4) is 0 Å². The molecule has 0 saturated heterocycles. The number of ether oxygens (including phenoxy) is 3. The molecule has 1 aliphatic heterocycles. The molecule has 5 nitrogen and oxygen atoms in total. The third-order valence-corrected chi connectivity index (χ3v) is 4.00. The zero-order valence-corrected chi connectivity index (χ0v) is 14.1. The Kier molecular flexibility index (Phi) is 4.60. The Bertz CT molecular complexity index is 755. The van der Waals surface area contributed by atoms with Crippen LogP contribution in [-0.2, 0) is 6.54 Å². The summed E-state index contributed by atoms with van der Waals surface area (Å²) in [5, 5.41) is 2.93. The maximum absolute atomic E-state index is 12.3. The first-order chi connectivity index (χ1) is 11.6. The van der Waals surface area contributed by atoms with Gasteiger partial charge in [-0.3, -0.25) is 4.79 Å². The van der Waals surface area contributed by atoms with Gasteiger partial charge in [-0.05, 0) is 41.3 Å². The second-order valence-electron chi connectivity index (χ2n) is 5.98. The van der Waals surface area contributed by atoms with Gasteiger partial charge < -0.3 is 19.5 Å². The molecule has 1 amide bonds. The van der Waals surface area contributed by atoms with Gasteiger partial charge in [-0.25, -0.2) is 0 Å². The molecule has 0 bridgehead atoms. The Balaban J connectivity index is 1.69. The van der Waals surface area contributed by atoms with E-state index >= 15 is 0 Å². The molecule has 0 spiro atoms. The number of methoxy groups -OCH3 is 1. The zero-order valence-electron chi connectivity index (χ0n) is 14.1. The summed E-state index contributed by atoms with van der Waals surface area (Å²) in [6, 6.07) is 11.2. The van der Waals surface area contributed by atoms with Gasteiger partial charge in [0.2, 0.25) is 6.79 Å². The minimum atomic E-state index is -0.143. The van der Waals surface area contributed by atoms with Crippen LogP contribution in [0.4, 0.5) is 0 Å². The summed E-state index contributed by atoms with van der Waals surface area (Å²) in [7, 11) is 1.67. The monoisotopic (exact) mass is 327 g/mol. The van der Waals surface area contributed by atoms with Crippen molar-refractivity contribution in [2.24, 2.45) is 0 Å². The average molecular weight is 327 g/mol. The zero-order chi connectivity index (χ0) is 17.1. The van der Waals surface area contributed by atoms with Crippen LogP contribution in [0.1, 0.15) is 41.3 Å². The lowest BCUT2D eigenvalue weighted by Crippen LogP contribution is -2.22. The summed E-state index contributed by atoms with van der Waals surface area (Å²) in [6.45, 7) is 4.89. The maximum atomic E-state index is 12.3. The maximum Gasteiger partial charge on any atom is 0.251 e. The lowest BCUT2D eigenvalue weighted by Gasteiger charge is -2.14. The Morgan fingerprint density at radius 2 is 1.96 bits per heavy atom. The van der Waals surface area contributed by atoms with E-state index in [-0.39, 0.29) is 12.7 Å². The molecule has 2 aromatic carbocycles. The van der Waals surface area contributed by atoms with E-state index in [1.54, 1.807) is 25.3 Å². The minimum absolute atomic E-state index is 0.143. The van der Waals surface area contributed by atoms with Gasteiger partial charge in [0, 0.05) is 12.1 Å². The Labute approximate surface area is 141 Å². The second-order valence-corrected chi connectivity index (χ2v) is 5.98. The van der Waals surface area contributed by atoms with Gasteiger partial charge >= 0.3 is 0 Å². The molecule has 126 valence electrons. The number of hydrogen-bond donors (Lipinski definition) is 1. The topological polar surface area (TPSA) is 56.8 Å². The highest BCUT2D eigenvalue weighted by molar-refractivity contribution is 5.94. The highest BCUT2D eigenvalue weighted by Crippen LogP contribution is 2.32. The number of fused-ring (bicyclic) bond motifs is 1. The fourth-order valence-corrected chi connectivity index (χ4v) is 2.67. The number of carbonyl (C=O) groups is 1. The van der Waals surface area contributed by atoms with Crippen molar-refractivity contribution in [2.75, 3.05) is 13.9 Å². The number of nitrogens with one attached hydrogen (secondary N) is 1. The Morgan fingerprint density at radius 3 is 2.71 bits per heavy atom. The number of carbonyl (C=O) groups excluding carboxylic acids is 1.